The summed E-state index contributed by atoms with van der Waals surface area (Å²) in [5.74, 6) is 0.468. The molecule has 0 amide bonds. The summed E-state index contributed by atoms with van der Waals surface area (Å²) < 4.78 is 46.5. The number of benzene rings is 1. The number of rotatable bonds is 9. The Kier molecular flexibility index (Phi) is 6.63. The van der Waals surface area contributed by atoms with Gasteiger partial charge in [0.1, 0.15) is 17.4 Å². The minimum atomic E-state index is -2.54. The van der Waals surface area contributed by atoms with Crippen LogP contribution in [0.25, 0.3) is 16.6 Å². The Labute approximate surface area is 188 Å². The summed E-state index contributed by atoms with van der Waals surface area (Å²) in [5.41, 5.74) is 9.85. The van der Waals surface area contributed by atoms with Crippen molar-refractivity contribution in [1.29, 1.82) is 5.53 Å². The number of hydrogen-bond acceptors (Lipinski definition) is 8. The average Bonchev–Trinajstić information content (AvgIpc) is 3.37. The highest BCUT2D eigenvalue weighted by Gasteiger charge is 2.30. The van der Waals surface area contributed by atoms with Crippen LogP contribution < -0.4 is 15.4 Å². The Hall–Kier alpha value is -3.41. The number of alkyl halides is 3. The Morgan fingerprint density at radius 3 is 2.76 bits per heavy atom. The minimum absolute atomic E-state index is 0.152. The Morgan fingerprint density at radius 1 is 1.27 bits per heavy atom. The molecule has 1 saturated heterocycles. The van der Waals surface area contributed by atoms with Crippen molar-refractivity contribution in [3.05, 3.63) is 30.5 Å². The van der Waals surface area contributed by atoms with Gasteiger partial charge in [0.2, 0.25) is 11.8 Å². The second-order valence-corrected chi connectivity index (χ2v) is 7.96. The highest BCUT2D eigenvalue weighted by atomic mass is 19.3. The van der Waals surface area contributed by atoms with E-state index in [4.69, 9.17) is 10.3 Å². The first-order valence-electron chi connectivity index (χ1n) is 10.4. The van der Waals surface area contributed by atoms with Crippen molar-refractivity contribution in [2.45, 2.75) is 12.6 Å². The minimum Gasteiger partial charge on any atom is -0.479 e. The number of fused-ring (bicyclic) bond motifs is 1. The molecule has 0 radical (unpaired) electrons. The van der Waals surface area contributed by atoms with Gasteiger partial charge in [0.25, 0.3) is 6.43 Å². The van der Waals surface area contributed by atoms with E-state index in [1.807, 2.05) is 18.0 Å². The van der Waals surface area contributed by atoms with Crippen LogP contribution in [-0.2, 0) is 0 Å². The second-order valence-electron chi connectivity index (χ2n) is 7.96. The lowest BCUT2D eigenvalue weighted by Gasteiger charge is -2.14. The van der Waals surface area contributed by atoms with Gasteiger partial charge in [0.15, 0.2) is 0 Å². The summed E-state index contributed by atoms with van der Waals surface area (Å²) in [7, 11) is 3.38. The van der Waals surface area contributed by atoms with Crippen LogP contribution in [0.15, 0.2) is 35.6 Å². The van der Waals surface area contributed by atoms with E-state index in [0.717, 1.165) is 5.56 Å². The molecule has 176 valence electrons. The van der Waals surface area contributed by atoms with Gasteiger partial charge in [0, 0.05) is 37.3 Å². The van der Waals surface area contributed by atoms with Crippen molar-refractivity contribution < 1.29 is 17.9 Å². The van der Waals surface area contributed by atoms with Gasteiger partial charge in [-0.05, 0) is 30.8 Å². The number of nitrogens with zero attached hydrogens (tertiary/aromatic N) is 5. The standard InChI is InChI=1S/C21H25F3N8O/c1-31-10-13(15(22)11-31)8-27-21-28-20(33-2)19-14(5-6-32(19)30-21)12-3-4-16(29-25)17(7-12)26-9-18(23)24/h3-7,13,15,18,25-26H,8-11H2,1-2H3,(H,27,30)/t13-,15+/m0/s1. The predicted octanol–water partition coefficient (Wildman–Crippen LogP) is 4.06. The highest BCUT2D eigenvalue weighted by Crippen LogP contribution is 2.36. The first kappa shape index (κ1) is 22.8. The van der Waals surface area contributed by atoms with E-state index >= 15 is 0 Å². The Balaban J connectivity index is 1.63. The van der Waals surface area contributed by atoms with E-state index in [1.54, 1.807) is 28.9 Å². The van der Waals surface area contributed by atoms with Gasteiger partial charge in [-0.1, -0.05) is 6.07 Å². The maximum absolute atomic E-state index is 14.1. The second kappa shape index (κ2) is 9.61. The lowest BCUT2D eigenvalue weighted by atomic mass is 10.1. The van der Waals surface area contributed by atoms with Crippen LogP contribution in [0.1, 0.15) is 0 Å². The normalized spacial score (nSPS) is 18.7. The number of ether oxygens (including phenoxy) is 1. The van der Waals surface area contributed by atoms with Crippen LogP contribution in [0.2, 0.25) is 0 Å². The molecular formula is C21H25F3N8O. The average molecular weight is 462 g/mol. The summed E-state index contributed by atoms with van der Waals surface area (Å²) in [5, 5.41) is 13.6. The van der Waals surface area contributed by atoms with Gasteiger partial charge in [-0.3, -0.25) is 0 Å². The zero-order chi connectivity index (χ0) is 23.5. The molecule has 1 fully saturated rings. The van der Waals surface area contributed by atoms with Crippen LogP contribution in [0.3, 0.4) is 0 Å². The summed E-state index contributed by atoms with van der Waals surface area (Å²) in [6.45, 7) is 0.909. The molecule has 3 aromatic rings. The third-order valence-corrected chi connectivity index (χ3v) is 5.61. The number of anilines is 2. The van der Waals surface area contributed by atoms with Gasteiger partial charge < -0.3 is 20.3 Å². The summed E-state index contributed by atoms with van der Waals surface area (Å²) in [6, 6.07) is 6.77. The first-order valence-corrected chi connectivity index (χ1v) is 10.4. The van der Waals surface area contributed by atoms with Crippen LogP contribution in [-0.4, -0.2) is 72.4 Å². The smallest absolute Gasteiger partial charge is 0.255 e. The Bertz CT molecular complexity index is 1140. The van der Waals surface area contributed by atoms with Crippen molar-refractivity contribution in [2.75, 3.05) is 51.0 Å². The number of nitrogens with one attached hydrogen (secondary N) is 3. The molecule has 33 heavy (non-hydrogen) atoms. The lowest BCUT2D eigenvalue weighted by Crippen LogP contribution is -2.24. The molecule has 3 N–H and O–H groups in total. The number of methoxy groups -OCH3 is 1. The van der Waals surface area contributed by atoms with E-state index in [-0.39, 0.29) is 11.6 Å². The van der Waals surface area contributed by atoms with Gasteiger partial charge in [-0.2, -0.15) is 10.1 Å². The van der Waals surface area contributed by atoms with E-state index in [1.165, 1.54) is 7.11 Å². The molecule has 0 bridgehead atoms. The maximum Gasteiger partial charge on any atom is 0.255 e. The Morgan fingerprint density at radius 2 is 2.09 bits per heavy atom. The van der Waals surface area contributed by atoms with Crippen molar-refractivity contribution in [1.82, 2.24) is 19.5 Å². The third-order valence-electron chi connectivity index (χ3n) is 5.61. The SMILES string of the molecule is COc1nc(NC[C@H]2CN(C)C[C@H]2F)nn2ccc(-c3ccc(N=N)c(NCC(F)F)c3)c12. The molecule has 1 aliphatic rings. The molecule has 2 atom stereocenters. The fraction of sp³-hybridized carbons (Fsp3) is 0.429. The van der Waals surface area contributed by atoms with E-state index in [0.29, 0.717) is 48.2 Å². The molecule has 1 aromatic carbocycles. The lowest BCUT2D eigenvalue weighted by molar-refractivity contribution is 0.163. The number of aromatic nitrogens is 3. The largest absolute Gasteiger partial charge is 0.479 e. The van der Waals surface area contributed by atoms with Crippen LogP contribution in [0, 0.1) is 11.4 Å². The number of hydrogen-bond donors (Lipinski definition) is 3. The molecule has 0 spiro atoms. The van der Waals surface area contributed by atoms with Crippen molar-refractivity contribution >= 4 is 22.8 Å². The van der Waals surface area contributed by atoms with Crippen LogP contribution in [0.5, 0.6) is 5.88 Å². The van der Waals surface area contributed by atoms with Gasteiger partial charge in [-0.25, -0.2) is 23.2 Å². The summed E-state index contributed by atoms with van der Waals surface area (Å²) in [4.78, 5) is 6.38. The van der Waals surface area contributed by atoms with Crippen LogP contribution >= 0.6 is 0 Å². The monoisotopic (exact) mass is 462 g/mol. The molecule has 9 nitrogen and oxygen atoms in total. The fourth-order valence-electron chi connectivity index (χ4n) is 4.02. The fourth-order valence-corrected chi connectivity index (χ4v) is 4.02. The highest BCUT2D eigenvalue weighted by molar-refractivity contribution is 5.87. The molecule has 0 aliphatic carbocycles. The van der Waals surface area contributed by atoms with Crippen LogP contribution in [0.4, 0.5) is 30.5 Å². The van der Waals surface area contributed by atoms with Crippen molar-refractivity contribution in [3.8, 4) is 17.0 Å². The molecular weight excluding hydrogens is 437 g/mol. The molecule has 2 aromatic heterocycles. The quantitative estimate of drug-likeness (QED) is 0.415. The maximum atomic E-state index is 14.1. The zero-order valence-corrected chi connectivity index (χ0v) is 18.2. The molecule has 12 heteroatoms. The molecule has 1 aliphatic heterocycles. The van der Waals surface area contributed by atoms with Crippen molar-refractivity contribution in [2.24, 2.45) is 11.0 Å². The third kappa shape index (κ3) is 4.85. The summed E-state index contributed by atoms with van der Waals surface area (Å²) >= 11 is 0. The van der Waals surface area contributed by atoms with Gasteiger partial charge in [0.05, 0.1) is 19.3 Å². The number of likely N-dealkylation sites (tertiary alicyclic amines) is 1. The molecule has 4 rings (SSSR count). The topological polar surface area (TPSA) is 103 Å². The van der Waals surface area contributed by atoms with Crippen molar-refractivity contribution in [3.63, 3.8) is 0 Å². The predicted molar refractivity (Wildman–Crippen MR) is 119 cm³/mol. The van der Waals surface area contributed by atoms with Gasteiger partial charge >= 0.3 is 0 Å². The molecule has 3 heterocycles. The first-order chi connectivity index (χ1) is 15.9. The summed E-state index contributed by atoms with van der Waals surface area (Å²) in [6.07, 6.45) is -1.71. The molecule has 0 unspecified atom stereocenters. The molecule has 0 saturated carbocycles. The van der Waals surface area contributed by atoms with E-state index in [2.05, 4.69) is 25.8 Å². The van der Waals surface area contributed by atoms with E-state index in [9.17, 15) is 13.2 Å². The van der Waals surface area contributed by atoms with Gasteiger partial charge in [-0.15, -0.1) is 5.10 Å². The van der Waals surface area contributed by atoms with E-state index < -0.39 is 19.1 Å². The zero-order valence-electron chi connectivity index (χ0n) is 18.2. The number of halogens is 3.